The average Bonchev–Trinajstić information content (AvgIpc) is 3.06. The molecule has 0 aliphatic carbocycles. The fraction of sp³-hybridized carbons (Fsp3) is 0.263. The van der Waals surface area contributed by atoms with Crippen LogP contribution in [0.15, 0.2) is 42.5 Å². The summed E-state index contributed by atoms with van der Waals surface area (Å²) in [5.41, 5.74) is 2.60. The number of hydrogen-bond donors (Lipinski definition) is 1. The van der Waals surface area contributed by atoms with Gasteiger partial charge in [-0.1, -0.05) is 29.8 Å². The molecule has 4 nitrogen and oxygen atoms in total. The number of carboxylic acids is 1. The van der Waals surface area contributed by atoms with E-state index in [-0.39, 0.29) is 11.8 Å². The Labute approximate surface area is 145 Å². The summed E-state index contributed by atoms with van der Waals surface area (Å²) in [7, 11) is 0. The van der Waals surface area contributed by atoms with Crippen LogP contribution in [0.4, 0.5) is 0 Å². The number of nitrogens with zero attached hydrogens (tertiary/aromatic N) is 1. The Bertz CT molecular complexity index is 803. The van der Waals surface area contributed by atoms with Crippen LogP contribution in [0, 0.1) is 6.92 Å². The van der Waals surface area contributed by atoms with Gasteiger partial charge >= 0.3 is 5.97 Å². The van der Waals surface area contributed by atoms with E-state index in [1.807, 2.05) is 19.1 Å². The molecule has 0 aromatic heterocycles. The molecule has 124 valence electrons. The van der Waals surface area contributed by atoms with E-state index in [0.29, 0.717) is 29.2 Å². The second-order valence-corrected chi connectivity index (χ2v) is 6.50. The molecule has 1 heterocycles. The molecule has 2 aromatic carbocycles. The predicted molar refractivity (Wildman–Crippen MR) is 92.9 cm³/mol. The van der Waals surface area contributed by atoms with Crippen molar-refractivity contribution in [1.82, 2.24) is 4.90 Å². The normalized spacial score (nSPS) is 17.1. The zero-order valence-electron chi connectivity index (χ0n) is 13.3. The molecule has 1 aliphatic rings. The van der Waals surface area contributed by atoms with Gasteiger partial charge in [0.2, 0.25) is 0 Å². The Hall–Kier alpha value is -2.33. The van der Waals surface area contributed by atoms with Gasteiger partial charge in [0, 0.05) is 29.6 Å². The van der Waals surface area contributed by atoms with Gasteiger partial charge in [0.1, 0.15) is 0 Å². The van der Waals surface area contributed by atoms with Gasteiger partial charge in [0.25, 0.3) is 5.91 Å². The number of aryl methyl sites for hydroxylation is 1. The van der Waals surface area contributed by atoms with Crippen molar-refractivity contribution >= 4 is 23.5 Å². The Morgan fingerprint density at radius 2 is 1.96 bits per heavy atom. The summed E-state index contributed by atoms with van der Waals surface area (Å²) < 4.78 is 0. The van der Waals surface area contributed by atoms with Crippen LogP contribution in [-0.4, -0.2) is 35.0 Å². The summed E-state index contributed by atoms with van der Waals surface area (Å²) >= 11 is 6.01. The maximum absolute atomic E-state index is 12.7. The van der Waals surface area contributed by atoms with Gasteiger partial charge in [-0.2, -0.15) is 0 Å². The van der Waals surface area contributed by atoms with Gasteiger partial charge in [0.05, 0.1) is 5.56 Å². The minimum absolute atomic E-state index is 0.0370. The van der Waals surface area contributed by atoms with Gasteiger partial charge in [0.15, 0.2) is 0 Å². The Morgan fingerprint density at radius 3 is 2.67 bits per heavy atom. The molecule has 1 saturated heterocycles. The Balaban J connectivity index is 1.79. The lowest BCUT2D eigenvalue weighted by atomic mass is 9.93. The van der Waals surface area contributed by atoms with E-state index in [9.17, 15) is 14.7 Å². The molecule has 5 heteroatoms. The van der Waals surface area contributed by atoms with Crippen LogP contribution < -0.4 is 0 Å². The van der Waals surface area contributed by atoms with Crippen molar-refractivity contribution < 1.29 is 14.7 Å². The Kier molecular flexibility index (Phi) is 4.58. The van der Waals surface area contributed by atoms with E-state index in [2.05, 4.69) is 0 Å². The van der Waals surface area contributed by atoms with Gasteiger partial charge < -0.3 is 10.0 Å². The van der Waals surface area contributed by atoms with Crippen molar-refractivity contribution in [2.24, 2.45) is 0 Å². The molecule has 1 N–H and O–H groups in total. The van der Waals surface area contributed by atoms with Gasteiger partial charge in [-0.05, 0) is 48.7 Å². The van der Waals surface area contributed by atoms with Crippen LogP contribution in [0.5, 0.6) is 0 Å². The quantitative estimate of drug-likeness (QED) is 0.917. The van der Waals surface area contributed by atoms with E-state index < -0.39 is 5.97 Å². The summed E-state index contributed by atoms with van der Waals surface area (Å²) in [5, 5.41) is 9.98. The van der Waals surface area contributed by atoms with Crippen LogP contribution in [-0.2, 0) is 0 Å². The molecule has 3 rings (SSSR count). The topological polar surface area (TPSA) is 57.6 Å². The first-order valence-electron chi connectivity index (χ1n) is 7.85. The number of likely N-dealkylation sites (tertiary alicyclic amines) is 1. The fourth-order valence-electron chi connectivity index (χ4n) is 3.21. The van der Waals surface area contributed by atoms with Crippen molar-refractivity contribution in [3.8, 4) is 0 Å². The number of carboxylic acid groups (broad SMARTS) is 1. The fourth-order valence-corrected chi connectivity index (χ4v) is 3.32. The molecule has 2 aromatic rings. The molecule has 24 heavy (non-hydrogen) atoms. The molecule has 0 radical (unpaired) electrons. The van der Waals surface area contributed by atoms with E-state index in [4.69, 9.17) is 11.6 Å². The molecular weight excluding hydrogens is 326 g/mol. The van der Waals surface area contributed by atoms with Crippen LogP contribution in [0.3, 0.4) is 0 Å². The highest BCUT2D eigenvalue weighted by Gasteiger charge is 2.30. The second kappa shape index (κ2) is 6.65. The molecule has 1 amide bonds. The van der Waals surface area contributed by atoms with Crippen molar-refractivity contribution in [3.63, 3.8) is 0 Å². The summed E-state index contributed by atoms with van der Waals surface area (Å²) in [5.74, 6) is -0.913. The van der Waals surface area contributed by atoms with Gasteiger partial charge in [-0.25, -0.2) is 4.79 Å². The average molecular weight is 344 g/mol. The first-order chi connectivity index (χ1) is 11.5. The number of benzene rings is 2. The molecule has 1 fully saturated rings. The van der Waals surface area contributed by atoms with Crippen LogP contribution in [0.1, 0.15) is 44.2 Å². The number of rotatable bonds is 3. The SMILES string of the molecule is Cc1cc(C(=O)N2CC[C@H](c3ccccc3C(=O)O)C2)ccc1Cl. The maximum Gasteiger partial charge on any atom is 0.335 e. The maximum atomic E-state index is 12.7. The highest BCUT2D eigenvalue weighted by atomic mass is 35.5. The third-order valence-electron chi connectivity index (χ3n) is 4.51. The first kappa shape index (κ1) is 16.5. The largest absolute Gasteiger partial charge is 0.478 e. The second-order valence-electron chi connectivity index (χ2n) is 6.09. The van der Waals surface area contributed by atoms with E-state index >= 15 is 0 Å². The van der Waals surface area contributed by atoms with Crippen LogP contribution >= 0.6 is 11.6 Å². The van der Waals surface area contributed by atoms with E-state index in [0.717, 1.165) is 17.5 Å². The lowest BCUT2D eigenvalue weighted by molar-refractivity contribution is 0.0695. The number of hydrogen-bond acceptors (Lipinski definition) is 2. The molecule has 1 atom stereocenters. The molecular formula is C19H18ClNO3. The Morgan fingerprint density at radius 1 is 1.21 bits per heavy atom. The zero-order chi connectivity index (χ0) is 17.3. The summed E-state index contributed by atoms with van der Waals surface area (Å²) in [6.07, 6.45) is 0.766. The number of aromatic carboxylic acids is 1. The third-order valence-corrected chi connectivity index (χ3v) is 4.94. The van der Waals surface area contributed by atoms with Crippen molar-refractivity contribution in [2.75, 3.05) is 13.1 Å². The number of halogens is 1. The van der Waals surface area contributed by atoms with Crippen LogP contribution in [0.25, 0.3) is 0 Å². The first-order valence-corrected chi connectivity index (χ1v) is 8.23. The van der Waals surface area contributed by atoms with Gasteiger partial charge in [-0.15, -0.1) is 0 Å². The number of carbonyl (C=O) groups is 2. The summed E-state index contributed by atoms with van der Waals surface area (Å²) in [6, 6.07) is 12.3. The predicted octanol–water partition coefficient (Wildman–Crippen LogP) is 3.98. The van der Waals surface area contributed by atoms with E-state index in [1.54, 1.807) is 35.2 Å². The summed E-state index contributed by atoms with van der Waals surface area (Å²) in [6.45, 7) is 3.03. The molecule has 0 saturated carbocycles. The molecule has 0 unspecified atom stereocenters. The van der Waals surface area contributed by atoms with E-state index in [1.165, 1.54) is 0 Å². The van der Waals surface area contributed by atoms with Crippen LogP contribution in [0.2, 0.25) is 5.02 Å². The van der Waals surface area contributed by atoms with Crippen molar-refractivity contribution in [3.05, 3.63) is 69.7 Å². The minimum atomic E-state index is -0.927. The number of carbonyl (C=O) groups excluding carboxylic acids is 1. The zero-order valence-corrected chi connectivity index (χ0v) is 14.1. The molecule has 1 aliphatic heterocycles. The van der Waals surface area contributed by atoms with Gasteiger partial charge in [-0.3, -0.25) is 4.79 Å². The summed E-state index contributed by atoms with van der Waals surface area (Å²) in [4.78, 5) is 25.8. The highest BCUT2D eigenvalue weighted by molar-refractivity contribution is 6.31. The lowest BCUT2D eigenvalue weighted by Gasteiger charge is -2.18. The lowest BCUT2D eigenvalue weighted by Crippen LogP contribution is -2.28. The molecule has 0 bridgehead atoms. The van der Waals surface area contributed by atoms with Crippen molar-refractivity contribution in [2.45, 2.75) is 19.3 Å². The smallest absolute Gasteiger partial charge is 0.335 e. The monoisotopic (exact) mass is 343 g/mol. The third kappa shape index (κ3) is 3.15. The standard InChI is InChI=1S/C19H18ClNO3/c1-12-10-13(6-7-17(12)20)18(22)21-9-8-14(11-21)15-4-2-3-5-16(15)19(23)24/h2-7,10,14H,8-9,11H2,1H3,(H,23,24)/t14-/m0/s1. The minimum Gasteiger partial charge on any atom is -0.478 e. The van der Waals surface area contributed by atoms with Crippen molar-refractivity contribution in [1.29, 1.82) is 0 Å². The number of amides is 1. The highest BCUT2D eigenvalue weighted by Crippen LogP contribution is 2.30. The molecule has 0 spiro atoms.